The van der Waals surface area contributed by atoms with E-state index in [0.717, 1.165) is 29.6 Å². The number of carbonyl (C=O) groups is 1. The topological polar surface area (TPSA) is 40.5 Å². The Labute approximate surface area is 112 Å². The molecule has 1 aromatic carbocycles. The second kappa shape index (κ2) is 5.78. The molecular formula is C15H19NO3. The molecule has 0 atom stereocenters. The average Bonchev–Trinajstić information content (AvgIpc) is 2.66. The van der Waals surface area contributed by atoms with E-state index in [1.54, 1.807) is 6.92 Å². The molecule has 0 spiro atoms. The van der Waals surface area contributed by atoms with E-state index < -0.39 is 6.16 Å². The average molecular weight is 261 g/mol. The highest BCUT2D eigenvalue weighted by Crippen LogP contribution is 2.33. The molecule has 0 N–H and O–H groups in total. The molecule has 1 heterocycles. The standard InChI is InChI=1S/C15H19NO3/c1-4-10-16-11(3)14(19-15(17)18-5-2)12-8-6-7-9-13(12)16/h6-9H,4-5,10H2,1-3H3. The van der Waals surface area contributed by atoms with E-state index in [1.165, 1.54) is 0 Å². The van der Waals surface area contributed by atoms with Crippen LogP contribution in [0.5, 0.6) is 5.75 Å². The van der Waals surface area contributed by atoms with E-state index in [0.29, 0.717) is 12.4 Å². The van der Waals surface area contributed by atoms with Gasteiger partial charge in [0.15, 0.2) is 5.75 Å². The number of nitrogens with zero attached hydrogens (tertiary/aromatic N) is 1. The first kappa shape index (κ1) is 13.5. The van der Waals surface area contributed by atoms with Crippen molar-refractivity contribution < 1.29 is 14.3 Å². The van der Waals surface area contributed by atoms with Gasteiger partial charge in [-0.15, -0.1) is 0 Å². The van der Waals surface area contributed by atoms with Gasteiger partial charge in [0.25, 0.3) is 0 Å². The van der Waals surface area contributed by atoms with Crippen LogP contribution in [0.3, 0.4) is 0 Å². The van der Waals surface area contributed by atoms with Gasteiger partial charge in [0.1, 0.15) is 0 Å². The largest absolute Gasteiger partial charge is 0.513 e. The fraction of sp³-hybridized carbons (Fsp3) is 0.400. The molecule has 102 valence electrons. The molecule has 0 aliphatic heterocycles. The Morgan fingerprint density at radius 2 is 2.00 bits per heavy atom. The van der Waals surface area contributed by atoms with Gasteiger partial charge in [-0.1, -0.05) is 19.1 Å². The van der Waals surface area contributed by atoms with Crippen LogP contribution in [-0.4, -0.2) is 17.3 Å². The molecule has 0 aliphatic carbocycles. The minimum atomic E-state index is -0.648. The summed E-state index contributed by atoms with van der Waals surface area (Å²) >= 11 is 0. The molecular weight excluding hydrogens is 242 g/mol. The third kappa shape index (κ3) is 2.57. The van der Waals surface area contributed by atoms with Crippen molar-refractivity contribution in [3.63, 3.8) is 0 Å². The Kier molecular flexibility index (Phi) is 4.10. The van der Waals surface area contributed by atoms with Crippen LogP contribution in [0.25, 0.3) is 10.9 Å². The van der Waals surface area contributed by atoms with E-state index in [-0.39, 0.29) is 0 Å². The van der Waals surface area contributed by atoms with Crippen LogP contribution in [0.1, 0.15) is 26.0 Å². The Morgan fingerprint density at radius 1 is 1.26 bits per heavy atom. The van der Waals surface area contributed by atoms with Gasteiger partial charge < -0.3 is 14.0 Å². The maximum atomic E-state index is 11.5. The maximum absolute atomic E-state index is 11.5. The van der Waals surface area contributed by atoms with Crippen LogP contribution in [0.2, 0.25) is 0 Å². The molecule has 0 bridgehead atoms. The van der Waals surface area contributed by atoms with Crippen molar-refractivity contribution in [1.29, 1.82) is 0 Å². The number of fused-ring (bicyclic) bond motifs is 1. The minimum Gasteiger partial charge on any atom is -0.434 e. The highest BCUT2D eigenvalue weighted by atomic mass is 16.7. The fourth-order valence-corrected chi connectivity index (χ4v) is 2.27. The third-order valence-corrected chi connectivity index (χ3v) is 3.07. The zero-order chi connectivity index (χ0) is 13.8. The lowest BCUT2D eigenvalue weighted by atomic mass is 10.2. The normalized spacial score (nSPS) is 10.7. The number of aryl methyl sites for hydroxylation is 1. The first-order chi connectivity index (χ1) is 9.19. The molecule has 0 fully saturated rings. The van der Waals surface area contributed by atoms with Crippen molar-refractivity contribution in [2.24, 2.45) is 0 Å². The predicted molar refractivity (Wildman–Crippen MR) is 74.6 cm³/mol. The van der Waals surface area contributed by atoms with Gasteiger partial charge in [-0.2, -0.15) is 0 Å². The number of aromatic nitrogens is 1. The molecule has 4 heteroatoms. The molecule has 2 aromatic rings. The van der Waals surface area contributed by atoms with Crippen molar-refractivity contribution >= 4 is 17.1 Å². The molecule has 0 aliphatic rings. The van der Waals surface area contributed by atoms with E-state index >= 15 is 0 Å². The first-order valence-electron chi connectivity index (χ1n) is 6.61. The molecule has 1 aromatic heterocycles. The van der Waals surface area contributed by atoms with Crippen LogP contribution in [0.15, 0.2) is 24.3 Å². The zero-order valence-electron chi connectivity index (χ0n) is 11.6. The van der Waals surface area contributed by atoms with Crippen molar-refractivity contribution in [2.45, 2.75) is 33.7 Å². The van der Waals surface area contributed by atoms with Gasteiger partial charge in [-0.05, 0) is 32.4 Å². The van der Waals surface area contributed by atoms with Gasteiger partial charge in [0.05, 0.1) is 17.8 Å². The number of rotatable bonds is 4. The van der Waals surface area contributed by atoms with E-state index in [1.807, 2.05) is 31.2 Å². The number of hydrogen-bond donors (Lipinski definition) is 0. The van der Waals surface area contributed by atoms with Crippen LogP contribution < -0.4 is 4.74 Å². The zero-order valence-corrected chi connectivity index (χ0v) is 11.6. The van der Waals surface area contributed by atoms with E-state index in [4.69, 9.17) is 9.47 Å². The second-order valence-electron chi connectivity index (χ2n) is 4.37. The lowest BCUT2D eigenvalue weighted by molar-refractivity contribution is 0.104. The Morgan fingerprint density at radius 3 is 2.68 bits per heavy atom. The Balaban J connectivity index is 2.47. The predicted octanol–water partition coefficient (Wildman–Crippen LogP) is 3.90. The van der Waals surface area contributed by atoms with Crippen molar-refractivity contribution in [2.75, 3.05) is 6.61 Å². The third-order valence-electron chi connectivity index (χ3n) is 3.07. The number of carbonyl (C=O) groups excluding carboxylic acids is 1. The van der Waals surface area contributed by atoms with Gasteiger partial charge in [0.2, 0.25) is 0 Å². The summed E-state index contributed by atoms with van der Waals surface area (Å²) in [6, 6.07) is 7.93. The second-order valence-corrected chi connectivity index (χ2v) is 4.37. The number of ether oxygens (including phenoxy) is 2. The van der Waals surface area contributed by atoms with Crippen LogP contribution in [0, 0.1) is 6.92 Å². The van der Waals surface area contributed by atoms with Crippen molar-refractivity contribution in [3.05, 3.63) is 30.0 Å². The summed E-state index contributed by atoms with van der Waals surface area (Å²) in [5.74, 6) is 0.600. The van der Waals surface area contributed by atoms with Gasteiger partial charge in [-0.3, -0.25) is 0 Å². The smallest absolute Gasteiger partial charge is 0.434 e. The number of para-hydroxylation sites is 1. The molecule has 19 heavy (non-hydrogen) atoms. The summed E-state index contributed by atoms with van der Waals surface area (Å²) in [4.78, 5) is 11.5. The van der Waals surface area contributed by atoms with Crippen LogP contribution in [0.4, 0.5) is 4.79 Å². The van der Waals surface area contributed by atoms with E-state index in [9.17, 15) is 4.79 Å². The minimum absolute atomic E-state index is 0.311. The molecule has 0 unspecified atom stereocenters. The monoisotopic (exact) mass is 261 g/mol. The first-order valence-corrected chi connectivity index (χ1v) is 6.61. The van der Waals surface area contributed by atoms with Crippen molar-refractivity contribution in [1.82, 2.24) is 4.57 Å². The Bertz CT molecular complexity index is 586. The number of benzene rings is 1. The van der Waals surface area contributed by atoms with Crippen LogP contribution in [-0.2, 0) is 11.3 Å². The van der Waals surface area contributed by atoms with Gasteiger partial charge in [0, 0.05) is 11.9 Å². The summed E-state index contributed by atoms with van der Waals surface area (Å²) in [6.07, 6.45) is 0.378. The molecule has 4 nitrogen and oxygen atoms in total. The lowest BCUT2D eigenvalue weighted by Crippen LogP contribution is -2.11. The lowest BCUT2D eigenvalue weighted by Gasteiger charge is -2.06. The molecule has 0 radical (unpaired) electrons. The van der Waals surface area contributed by atoms with Gasteiger partial charge in [-0.25, -0.2) is 4.79 Å². The van der Waals surface area contributed by atoms with Gasteiger partial charge >= 0.3 is 6.16 Å². The highest BCUT2D eigenvalue weighted by molar-refractivity contribution is 5.90. The fourth-order valence-electron chi connectivity index (χ4n) is 2.27. The quantitative estimate of drug-likeness (QED) is 0.784. The van der Waals surface area contributed by atoms with Crippen molar-refractivity contribution in [3.8, 4) is 5.75 Å². The number of hydrogen-bond acceptors (Lipinski definition) is 3. The van der Waals surface area contributed by atoms with Crippen LogP contribution >= 0.6 is 0 Å². The maximum Gasteiger partial charge on any atom is 0.513 e. The van der Waals surface area contributed by atoms with E-state index in [2.05, 4.69) is 11.5 Å². The summed E-state index contributed by atoms with van der Waals surface area (Å²) < 4.78 is 12.4. The highest BCUT2D eigenvalue weighted by Gasteiger charge is 2.17. The summed E-state index contributed by atoms with van der Waals surface area (Å²) in [5.41, 5.74) is 2.04. The molecule has 2 rings (SSSR count). The summed E-state index contributed by atoms with van der Waals surface area (Å²) in [7, 11) is 0. The molecule has 0 saturated carbocycles. The molecule has 0 saturated heterocycles. The Hall–Kier alpha value is -1.97. The summed E-state index contributed by atoms with van der Waals surface area (Å²) in [5, 5.41) is 0.946. The molecule has 0 amide bonds. The summed E-state index contributed by atoms with van der Waals surface area (Å²) in [6.45, 7) is 7.06. The SMILES string of the molecule is CCCn1c(C)c(OC(=O)OCC)c2ccccc21.